The minimum atomic E-state index is -4.49. The van der Waals surface area contributed by atoms with Crippen molar-refractivity contribution in [1.82, 2.24) is 0 Å². The summed E-state index contributed by atoms with van der Waals surface area (Å²) in [6.07, 6.45) is 1.69. The summed E-state index contributed by atoms with van der Waals surface area (Å²) >= 11 is 0. The van der Waals surface area contributed by atoms with Crippen LogP contribution in [0.2, 0.25) is 0 Å². The number of hydrogen-bond donors (Lipinski definition) is 0. The van der Waals surface area contributed by atoms with Crippen molar-refractivity contribution in [1.29, 1.82) is 0 Å². The third kappa shape index (κ3) is 5.47. The molecule has 2 aromatic carbocycles. The van der Waals surface area contributed by atoms with E-state index in [2.05, 4.69) is 23.8 Å². The van der Waals surface area contributed by atoms with E-state index >= 15 is 0 Å². The molecule has 1 aliphatic rings. The molecule has 0 heterocycles. The highest BCUT2D eigenvalue weighted by Crippen LogP contribution is 2.35. The van der Waals surface area contributed by atoms with Crippen molar-refractivity contribution in [3.05, 3.63) is 53.8 Å². The molecule has 1 fully saturated rings. The maximum absolute atomic E-state index is 14.1. The van der Waals surface area contributed by atoms with Crippen molar-refractivity contribution in [2.45, 2.75) is 51.1 Å². The monoisotopic (exact) mass is 380 g/mol. The first-order valence-electron chi connectivity index (χ1n) is 9.41. The number of benzene rings is 2. The Hall–Kier alpha value is -2.04. The van der Waals surface area contributed by atoms with E-state index in [1.165, 1.54) is 49.8 Å². The largest absolute Gasteiger partial charge is 0.481 e. The van der Waals surface area contributed by atoms with Gasteiger partial charge in [-0.3, -0.25) is 0 Å². The number of ether oxygens (including phenoxy) is 1. The molecule has 0 aliphatic heterocycles. The number of rotatable bonds is 4. The molecule has 1 aliphatic carbocycles. The molecule has 27 heavy (non-hydrogen) atoms. The van der Waals surface area contributed by atoms with Crippen LogP contribution in [0.5, 0.6) is 5.75 Å². The van der Waals surface area contributed by atoms with Gasteiger partial charge in [0.25, 0.3) is 0 Å². The minimum absolute atomic E-state index is 0.389. The van der Waals surface area contributed by atoms with E-state index in [0.717, 1.165) is 11.5 Å². The molecule has 0 saturated heterocycles. The zero-order valence-corrected chi connectivity index (χ0v) is 15.4. The van der Waals surface area contributed by atoms with Crippen LogP contribution in [-0.2, 0) is 0 Å². The second kappa shape index (κ2) is 8.32. The van der Waals surface area contributed by atoms with E-state index in [1.54, 1.807) is 6.07 Å². The predicted molar refractivity (Wildman–Crippen MR) is 98.4 cm³/mol. The molecule has 2 aromatic rings. The average Bonchev–Trinajstić information content (AvgIpc) is 2.84. The van der Waals surface area contributed by atoms with Crippen molar-refractivity contribution < 1.29 is 22.3 Å². The van der Waals surface area contributed by atoms with Gasteiger partial charge in [-0.2, -0.15) is 13.2 Å². The second-order valence-electron chi connectivity index (χ2n) is 7.48. The summed E-state index contributed by atoms with van der Waals surface area (Å²) in [6.45, 7) is 0.806. The summed E-state index contributed by atoms with van der Waals surface area (Å²) in [5, 5.41) is 0. The SMILES string of the molecule is CC1CCCC(c2ccc(-c3ccc(OCC(F)(F)F)c(F)c3)cc2)CC1. The van der Waals surface area contributed by atoms with Crippen LogP contribution in [0, 0.1) is 11.7 Å². The van der Waals surface area contributed by atoms with Crippen LogP contribution >= 0.6 is 0 Å². The number of alkyl halides is 3. The summed E-state index contributed by atoms with van der Waals surface area (Å²) in [4.78, 5) is 0. The lowest BCUT2D eigenvalue weighted by molar-refractivity contribution is -0.153. The van der Waals surface area contributed by atoms with Gasteiger partial charge in [0.15, 0.2) is 18.2 Å². The molecular weight excluding hydrogens is 356 g/mol. The lowest BCUT2D eigenvalue weighted by Gasteiger charge is -2.15. The van der Waals surface area contributed by atoms with Crippen LogP contribution in [0.15, 0.2) is 42.5 Å². The fraction of sp³-hybridized carbons (Fsp3) is 0.455. The molecule has 0 spiro atoms. The average molecular weight is 380 g/mol. The minimum Gasteiger partial charge on any atom is -0.481 e. The quantitative estimate of drug-likeness (QED) is 0.405. The molecule has 0 bridgehead atoms. The van der Waals surface area contributed by atoms with Gasteiger partial charge >= 0.3 is 6.18 Å². The second-order valence-corrected chi connectivity index (χ2v) is 7.48. The van der Waals surface area contributed by atoms with Crippen LogP contribution in [0.4, 0.5) is 17.6 Å². The zero-order valence-electron chi connectivity index (χ0n) is 15.4. The smallest absolute Gasteiger partial charge is 0.422 e. The van der Waals surface area contributed by atoms with Gasteiger partial charge in [0.05, 0.1) is 0 Å². The summed E-state index contributed by atoms with van der Waals surface area (Å²) in [7, 11) is 0. The van der Waals surface area contributed by atoms with E-state index < -0.39 is 18.6 Å². The summed E-state index contributed by atoms with van der Waals surface area (Å²) in [6, 6.07) is 12.1. The molecule has 2 unspecified atom stereocenters. The molecule has 1 saturated carbocycles. The number of hydrogen-bond acceptors (Lipinski definition) is 1. The van der Waals surface area contributed by atoms with Gasteiger partial charge in [0.2, 0.25) is 0 Å². The van der Waals surface area contributed by atoms with Gasteiger partial charge in [-0.15, -0.1) is 0 Å². The number of halogens is 4. The summed E-state index contributed by atoms with van der Waals surface area (Å²) in [5.41, 5.74) is 2.76. The van der Waals surface area contributed by atoms with Gasteiger partial charge < -0.3 is 4.74 Å². The lowest BCUT2D eigenvalue weighted by Crippen LogP contribution is -2.19. The first-order valence-corrected chi connectivity index (χ1v) is 9.41. The third-order valence-corrected chi connectivity index (χ3v) is 5.30. The molecule has 3 rings (SSSR count). The molecular formula is C22H24F4O. The highest BCUT2D eigenvalue weighted by molar-refractivity contribution is 5.64. The maximum atomic E-state index is 14.1. The van der Waals surface area contributed by atoms with Gasteiger partial charge in [-0.25, -0.2) is 4.39 Å². The fourth-order valence-electron chi connectivity index (χ4n) is 3.73. The van der Waals surface area contributed by atoms with Crippen LogP contribution in [-0.4, -0.2) is 12.8 Å². The summed E-state index contributed by atoms with van der Waals surface area (Å²) < 4.78 is 55.2. The first kappa shape index (κ1) is 19.7. The first-order chi connectivity index (χ1) is 12.8. The highest BCUT2D eigenvalue weighted by Gasteiger charge is 2.29. The predicted octanol–water partition coefficient (Wildman–Crippen LogP) is 7.12. The standard InChI is InChI=1S/C22H24F4O/c1-15-3-2-4-16(6-5-15)17-7-9-18(10-8-17)19-11-12-21(20(23)13-19)27-14-22(24,25)26/h7-13,15-16H,2-6,14H2,1H3. The molecule has 5 heteroatoms. The van der Waals surface area contributed by atoms with Crippen molar-refractivity contribution in [3.63, 3.8) is 0 Å². The Morgan fingerprint density at radius 3 is 2.30 bits per heavy atom. The molecule has 0 N–H and O–H groups in total. The van der Waals surface area contributed by atoms with Crippen molar-refractivity contribution >= 4 is 0 Å². The van der Waals surface area contributed by atoms with Gasteiger partial charge in [0, 0.05) is 0 Å². The Kier molecular flexibility index (Phi) is 6.08. The molecule has 0 aromatic heterocycles. The Morgan fingerprint density at radius 2 is 1.63 bits per heavy atom. The third-order valence-electron chi connectivity index (χ3n) is 5.30. The Balaban J connectivity index is 1.70. The molecule has 2 atom stereocenters. The maximum Gasteiger partial charge on any atom is 0.422 e. The fourth-order valence-corrected chi connectivity index (χ4v) is 3.73. The van der Waals surface area contributed by atoms with Crippen LogP contribution in [0.25, 0.3) is 11.1 Å². The topological polar surface area (TPSA) is 9.23 Å². The molecule has 0 radical (unpaired) electrons. The van der Waals surface area contributed by atoms with E-state index in [4.69, 9.17) is 0 Å². The normalized spacial score (nSPS) is 20.9. The lowest BCUT2D eigenvalue weighted by atomic mass is 9.90. The molecule has 0 amide bonds. The van der Waals surface area contributed by atoms with E-state index in [-0.39, 0.29) is 5.75 Å². The van der Waals surface area contributed by atoms with Gasteiger partial charge in [-0.05, 0) is 53.5 Å². The van der Waals surface area contributed by atoms with Crippen molar-refractivity contribution in [2.75, 3.05) is 6.61 Å². The Bertz CT molecular complexity index is 752. The van der Waals surface area contributed by atoms with Crippen LogP contribution in [0.3, 0.4) is 0 Å². The molecule has 146 valence electrons. The van der Waals surface area contributed by atoms with Crippen molar-refractivity contribution in [2.24, 2.45) is 5.92 Å². The Labute approximate surface area is 157 Å². The molecule has 1 nitrogen and oxygen atoms in total. The van der Waals surface area contributed by atoms with Crippen LogP contribution < -0.4 is 4.74 Å². The van der Waals surface area contributed by atoms with E-state index in [1.807, 2.05) is 12.1 Å². The van der Waals surface area contributed by atoms with Gasteiger partial charge in [0.1, 0.15) is 0 Å². The van der Waals surface area contributed by atoms with Gasteiger partial charge in [-0.1, -0.05) is 56.5 Å². The zero-order chi connectivity index (χ0) is 19.4. The van der Waals surface area contributed by atoms with E-state index in [9.17, 15) is 17.6 Å². The van der Waals surface area contributed by atoms with Crippen LogP contribution in [0.1, 0.15) is 50.5 Å². The van der Waals surface area contributed by atoms with Crippen molar-refractivity contribution in [3.8, 4) is 16.9 Å². The Morgan fingerprint density at radius 1 is 0.926 bits per heavy atom. The summed E-state index contributed by atoms with van der Waals surface area (Å²) in [5.74, 6) is 0.174. The van der Waals surface area contributed by atoms with E-state index in [0.29, 0.717) is 11.5 Å². The highest BCUT2D eigenvalue weighted by atomic mass is 19.4.